The highest BCUT2D eigenvalue weighted by atomic mass is 35.6. The van der Waals surface area contributed by atoms with Crippen LogP contribution in [0.15, 0.2) is 0 Å². The predicted octanol–water partition coefficient (Wildman–Crippen LogP) is -1.75. The largest absolute Gasteiger partial charge is 0.396 e. The van der Waals surface area contributed by atoms with Crippen molar-refractivity contribution in [3.8, 4) is 0 Å². The molecule has 0 atom stereocenters. The first kappa shape index (κ1) is 13.9. The van der Waals surface area contributed by atoms with Crippen molar-refractivity contribution in [2.75, 3.05) is 26.4 Å². The molecule has 0 unspecified atom stereocenters. The highest BCUT2D eigenvalue weighted by molar-refractivity contribution is 6.80. The summed E-state index contributed by atoms with van der Waals surface area (Å²) in [5, 5.41) is 34.0. The quantitative estimate of drug-likeness (QED) is 0.320. The number of aliphatic hydroxyl groups excluding tert-OH is 4. The average molecular weight is 200 g/mol. The molecule has 3 radical (unpaired) electrons. The minimum atomic E-state index is -1.11. The van der Waals surface area contributed by atoms with Crippen LogP contribution in [-0.4, -0.2) is 56.4 Å². The van der Waals surface area contributed by atoms with Crippen molar-refractivity contribution in [3.05, 3.63) is 0 Å². The van der Waals surface area contributed by atoms with Crippen LogP contribution in [0, 0.1) is 5.41 Å². The van der Waals surface area contributed by atoms with E-state index in [1.54, 1.807) is 0 Å². The highest BCUT2D eigenvalue weighted by Gasteiger charge is 2.26. The van der Waals surface area contributed by atoms with E-state index in [0.717, 1.165) is 0 Å². The van der Waals surface area contributed by atoms with Crippen molar-refractivity contribution < 1.29 is 20.4 Å². The van der Waals surface area contributed by atoms with Gasteiger partial charge in [0.2, 0.25) is 0 Å². The fourth-order valence-electron chi connectivity index (χ4n) is 0.300. The molecule has 11 heavy (non-hydrogen) atoms. The minimum absolute atomic E-state index is 0.406. The summed E-state index contributed by atoms with van der Waals surface area (Å²) >= 11 is 4.44. The van der Waals surface area contributed by atoms with E-state index in [1.165, 1.54) is 0 Å². The number of hydrogen-bond acceptors (Lipinski definition) is 4. The zero-order valence-corrected chi connectivity index (χ0v) is 7.75. The minimum Gasteiger partial charge on any atom is -0.396 e. The molecule has 0 spiro atoms. The first-order chi connectivity index (χ1) is 5.24. The maximum absolute atomic E-state index is 8.50. The van der Waals surface area contributed by atoms with Crippen LogP contribution in [0.5, 0.6) is 0 Å². The van der Waals surface area contributed by atoms with Gasteiger partial charge in [-0.1, -0.05) is 0 Å². The third-order valence-electron chi connectivity index (χ3n) is 1.34. The Labute approximate surface area is 73.6 Å². The van der Waals surface area contributed by atoms with Gasteiger partial charge >= 0.3 is 0 Å². The Kier molecular flexibility index (Phi) is 10.7. The van der Waals surface area contributed by atoms with Crippen molar-refractivity contribution in [3.63, 3.8) is 0 Å². The van der Waals surface area contributed by atoms with Gasteiger partial charge in [0, 0.05) is 0 Å². The van der Waals surface area contributed by atoms with E-state index in [1.807, 2.05) is 0 Å². The Morgan fingerprint density at radius 1 is 0.818 bits per heavy atom. The molecule has 0 amide bonds. The summed E-state index contributed by atoms with van der Waals surface area (Å²) in [7, 11) is 2.44. The second-order valence-electron chi connectivity index (χ2n) is 2.13. The van der Waals surface area contributed by atoms with E-state index >= 15 is 0 Å². The van der Waals surface area contributed by atoms with Crippen LogP contribution in [0.4, 0.5) is 0 Å². The molecule has 4 nitrogen and oxygen atoms in total. The fraction of sp³-hybridized carbons (Fsp3) is 1.00. The van der Waals surface area contributed by atoms with Crippen LogP contribution in [0.2, 0.25) is 0 Å². The van der Waals surface area contributed by atoms with Gasteiger partial charge in [0.05, 0.1) is 31.8 Å². The summed E-state index contributed by atoms with van der Waals surface area (Å²) in [4.78, 5) is 0. The van der Waals surface area contributed by atoms with Gasteiger partial charge in [-0.25, -0.2) is 0 Å². The molecule has 0 fully saturated rings. The molecule has 67 valence electrons. The number of rotatable bonds is 4. The van der Waals surface area contributed by atoms with Crippen LogP contribution in [0.25, 0.3) is 0 Å². The Morgan fingerprint density at radius 3 is 1.00 bits per heavy atom. The molecular formula is C5H12ClO4Si. The topological polar surface area (TPSA) is 80.9 Å². The highest BCUT2D eigenvalue weighted by Crippen LogP contribution is 2.11. The van der Waals surface area contributed by atoms with Crippen molar-refractivity contribution in [1.29, 1.82) is 0 Å². The molecule has 0 aliphatic heterocycles. The molecule has 0 aliphatic carbocycles. The van der Waals surface area contributed by atoms with E-state index in [4.69, 9.17) is 20.4 Å². The lowest BCUT2D eigenvalue weighted by molar-refractivity contribution is -0.0328. The molecule has 6 heteroatoms. The van der Waals surface area contributed by atoms with Gasteiger partial charge in [0.1, 0.15) is 0 Å². The molecule has 4 N–H and O–H groups in total. The van der Waals surface area contributed by atoms with Gasteiger partial charge in [0.25, 0.3) is 0 Å². The van der Waals surface area contributed by atoms with Crippen molar-refractivity contribution in [1.82, 2.24) is 0 Å². The van der Waals surface area contributed by atoms with Gasteiger partial charge < -0.3 is 20.4 Å². The Bertz CT molecular complexity index is 61.4. The lowest BCUT2D eigenvalue weighted by Crippen LogP contribution is -2.37. The van der Waals surface area contributed by atoms with E-state index in [9.17, 15) is 0 Å². The van der Waals surface area contributed by atoms with Crippen molar-refractivity contribution in [2.45, 2.75) is 0 Å². The van der Waals surface area contributed by atoms with Gasteiger partial charge in [-0.05, 0) is 0 Å². The number of halogens is 1. The maximum Gasteiger partial charge on any atom is 0.174 e. The van der Waals surface area contributed by atoms with Crippen LogP contribution in [-0.2, 0) is 0 Å². The normalized spacial score (nSPS) is 10.4. The maximum atomic E-state index is 8.50. The van der Waals surface area contributed by atoms with E-state index in [-0.39, 0.29) is 0 Å². The molecule has 0 rings (SSSR count). The number of aliphatic hydroxyl groups is 4. The summed E-state index contributed by atoms with van der Waals surface area (Å²) in [6.07, 6.45) is 0. The molecule has 0 aromatic rings. The van der Waals surface area contributed by atoms with Crippen molar-refractivity contribution in [2.24, 2.45) is 5.41 Å². The molecule has 0 saturated carbocycles. The SMILES string of the molecule is OCC(CO)(CO)CO.[Si]Cl. The summed E-state index contributed by atoms with van der Waals surface area (Å²) in [6, 6.07) is 0. The molecule has 0 aliphatic rings. The Balaban J connectivity index is 0. The smallest absolute Gasteiger partial charge is 0.174 e. The monoisotopic (exact) mass is 199 g/mol. The van der Waals surface area contributed by atoms with Crippen molar-refractivity contribution >= 4 is 20.6 Å². The van der Waals surface area contributed by atoms with Crippen LogP contribution in [0.3, 0.4) is 0 Å². The zero-order chi connectivity index (χ0) is 9.33. The molecule has 0 aromatic carbocycles. The molecule has 0 heterocycles. The van der Waals surface area contributed by atoms with Gasteiger partial charge in [-0.2, -0.15) is 11.1 Å². The summed E-state index contributed by atoms with van der Waals surface area (Å²) in [6.45, 7) is -1.62. The van der Waals surface area contributed by atoms with Crippen LogP contribution >= 0.6 is 11.1 Å². The van der Waals surface area contributed by atoms with Gasteiger partial charge in [-0.15, -0.1) is 0 Å². The lowest BCUT2D eigenvalue weighted by Gasteiger charge is -2.23. The molecule has 0 saturated heterocycles. The summed E-state index contributed by atoms with van der Waals surface area (Å²) in [5.74, 6) is 0. The Morgan fingerprint density at radius 2 is 1.00 bits per heavy atom. The third-order valence-corrected chi connectivity index (χ3v) is 1.34. The van der Waals surface area contributed by atoms with Gasteiger partial charge in [0.15, 0.2) is 9.55 Å². The predicted molar refractivity (Wildman–Crippen MR) is 42.4 cm³/mol. The molecular weight excluding hydrogens is 188 g/mol. The molecule has 0 bridgehead atoms. The molecule has 0 aromatic heterocycles. The second kappa shape index (κ2) is 8.44. The summed E-state index contributed by atoms with van der Waals surface area (Å²) in [5.41, 5.74) is -1.11. The fourth-order valence-corrected chi connectivity index (χ4v) is 0.300. The lowest BCUT2D eigenvalue weighted by atomic mass is 9.93. The first-order valence-corrected chi connectivity index (χ1v) is 4.38. The average Bonchev–Trinajstić information content (AvgIpc) is 2.13. The zero-order valence-electron chi connectivity index (χ0n) is 6.00. The second-order valence-corrected chi connectivity index (χ2v) is 2.13. The third kappa shape index (κ3) is 4.73. The van der Waals surface area contributed by atoms with Crippen LogP contribution in [0.1, 0.15) is 0 Å². The Hall–Kier alpha value is 0.347. The number of hydrogen-bond donors (Lipinski definition) is 4. The van der Waals surface area contributed by atoms with E-state index in [2.05, 4.69) is 20.6 Å². The standard InChI is InChI=1S/C5H12O4.ClSi/c6-1-5(2-7,3-8)4-9;1-2/h6-9H,1-4H2;. The van der Waals surface area contributed by atoms with Crippen LogP contribution < -0.4 is 0 Å². The first-order valence-electron chi connectivity index (χ1n) is 2.87. The summed E-state index contributed by atoms with van der Waals surface area (Å²) < 4.78 is 0. The van der Waals surface area contributed by atoms with E-state index in [0.29, 0.717) is 0 Å². The van der Waals surface area contributed by atoms with E-state index < -0.39 is 31.8 Å². The van der Waals surface area contributed by atoms with Gasteiger partial charge in [-0.3, -0.25) is 0 Å².